The number of nitrogens with one attached hydrogen (secondary N) is 1. The molecule has 0 spiro atoms. The van der Waals surface area contributed by atoms with E-state index >= 15 is 0 Å². The first-order valence-electron chi connectivity index (χ1n) is 5.58. The van der Waals surface area contributed by atoms with Crippen molar-refractivity contribution in [1.29, 1.82) is 0 Å². The van der Waals surface area contributed by atoms with Crippen molar-refractivity contribution in [3.05, 3.63) is 0 Å². The van der Waals surface area contributed by atoms with Gasteiger partial charge in [-0.15, -0.1) is 4.83 Å². The second-order valence-corrected chi connectivity index (χ2v) is 5.95. The zero-order valence-electron chi connectivity index (χ0n) is 9.72. The molecule has 2 N–H and O–H groups in total. The minimum absolute atomic E-state index is 0.0457. The van der Waals surface area contributed by atoms with Crippen molar-refractivity contribution in [3.8, 4) is 0 Å². The maximum Gasteiger partial charge on any atom is 0.224 e. The Hall–Kier alpha value is -0.210. The Labute approximate surface area is 97.2 Å². The molecule has 0 radical (unpaired) electrons. The summed E-state index contributed by atoms with van der Waals surface area (Å²) < 4.78 is 23.2. The molecule has 0 aromatic carbocycles. The van der Waals surface area contributed by atoms with Crippen LogP contribution in [0.15, 0.2) is 0 Å². The van der Waals surface area contributed by atoms with E-state index in [1.807, 2.05) is 7.05 Å². The first kappa shape index (κ1) is 13.9. The lowest BCUT2D eigenvalue weighted by molar-refractivity contribution is 0.134. The summed E-state index contributed by atoms with van der Waals surface area (Å²) in [5.74, 6) is 0.0832. The van der Waals surface area contributed by atoms with Gasteiger partial charge in [0.2, 0.25) is 10.0 Å². The molecule has 16 heavy (non-hydrogen) atoms. The lowest BCUT2D eigenvalue weighted by atomic mass is 10.4. The Morgan fingerprint density at radius 3 is 2.38 bits per heavy atom. The second-order valence-electron chi connectivity index (χ2n) is 4.13. The summed E-state index contributed by atoms with van der Waals surface area (Å²) in [6.07, 6.45) is 1.03. The van der Waals surface area contributed by atoms with Gasteiger partial charge in [0.25, 0.3) is 0 Å². The van der Waals surface area contributed by atoms with E-state index in [2.05, 4.69) is 9.73 Å². The maximum absolute atomic E-state index is 11.6. The predicted octanol–water partition coefficient (Wildman–Crippen LogP) is -1.16. The highest BCUT2D eigenvalue weighted by atomic mass is 32.2. The number of aliphatic hydroxyl groups excluding tert-OH is 1. The third-order valence-electron chi connectivity index (χ3n) is 2.59. The van der Waals surface area contributed by atoms with Crippen LogP contribution >= 0.6 is 0 Å². The zero-order chi connectivity index (χ0) is 12.0. The van der Waals surface area contributed by atoms with Crippen LogP contribution in [0.5, 0.6) is 0 Å². The first-order chi connectivity index (χ1) is 7.53. The highest BCUT2D eigenvalue weighted by molar-refractivity contribution is 7.89. The largest absolute Gasteiger partial charge is 0.396 e. The Morgan fingerprint density at radius 2 is 1.81 bits per heavy atom. The van der Waals surface area contributed by atoms with Crippen LogP contribution in [0, 0.1) is 0 Å². The van der Waals surface area contributed by atoms with Crippen LogP contribution in [0.2, 0.25) is 0 Å². The van der Waals surface area contributed by atoms with Crippen molar-refractivity contribution in [2.45, 2.75) is 12.8 Å². The van der Waals surface area contributed by atoms with Crippen molar-refractivity contribution < 1.29 is 13.5 Å². The maximum atomic E-state index is 11.6. The summed E-state index contributed by atoms with van der Waals surface area (Å²) in [4.78, 5) is 4.74. The monoisotopic (exact) mass is 251 g/mol. The van der Waals surface area contributed by atoms with E-state index in [1.165, 1.54) is 0 Å². The number of hydrazine groups is 1. The first-order valence-corrected chi connectivity index (χ1v) is 7.23. The Morgan fingerprint density at radius 1 is 1.19 bits per heavy atom. The number of piperazine rings is 1. The van der Waals surface area contributed by atoms with Crippen molar-refractivity contribution in [2.24, 2.45) is 0 Å². The molecule has 1 saturated heterocycles. The molecular weight excluding hydrogens is 230 g/mol. The number of aliphatic hydroxyl groups is 1. The Bertz CT molecular complexity index is 286. The van der Waals surface area contributed by atoms with Crippen molar-refractivity contribution >= 4 is 10.0 Å². The molecule has 0 aromatic heterocycles. The summed E-state index contributed by atoms with van der Waals surface area (Å²) in [5.41, 5.74) is 0. The standard InChI is InChI=1S/C9H21N3O3S/c1-11-4-6-12(7-5-11)10-16(14,15)9-3-2-8-13/h10,13H,2-9H2,1H3. The molecule has 0 atom stereocenters. The highest BCUT2D eigenvalue weighted by Crippen LogP contribution is 1.99. The minimum Gasteiger partial charge on any atom is -0.396 e. The second kappa shape index (κ2) is 6.51. The smallest absolute Gasteiger partial charge is 0.224 e. The van der Waals surface area contributed by atoms with Gasteiger partial charge >= 0.3 is 0 Å². The fraction of sp³-hybridized carbons (Fsp3) is 1.00. The van der Waals surface area contributed by atoms with Crippen LogP contribution in [0.1, 0.15) is 12.8 Å². The number of unbranched alkanes of at least 4 members (excludes halogenated alkanes) is 1. The van der Waals surface area contributed by atoms with Gasteiger partial charge < -0.3 is 10.0 Å². The molecular formula is C9H21N3O3S. The van der Waals surface area contributed by atoms with Gasteiger partial charge in [-0.3, -0.25) is 0 Å². The van der Waals surface area contributed by atoms with Gasteiger partial charge in [0.05, 0.1) is 5.75 Å². The SMILES string of the molecule is CN1CCN(NS(=O)(=O)CCCCO)CC1. The normalized spacial score (nSPS) is 20.1. The van der Waals surface area contributed by atoms with Crippen LogP contribution in [-0.2, 0) is 10.0 Å². The molecule has 0 unspecified atom stereocenters. The molecule has 1 aliphatic rings. The van der Waals surface area contributed by atoms with Gasteiger partial charge in [0, 0.05) is 32.8 Å². The fourth-order valence-corrected chi connectivity index (χ4v) is 2.80. The third kappa shape index (κ3) is 5.22. The summed E-state index contributed by atoms with van der Waals surface area (Å²) >= 11 is 0. The molecule has 0 saturated carbocycles. The third-order valence-corrected chi connectivity index (χ3v) is 3.96. The molecule has 1 fully saturated rings. The molecule has 0 aromatic rings. The summed E-state index contributed by atoms with van der Waals surface area (Å²) in [7, 11) is -1.20. The van der Waals surface area contributed by atoms with Gasteiger partial charge in [-0.1, -0.05) is 0 Å². The van der Waals surface area contributed by atoms with Crippen LogP contribution in [0.3, 0.4) is 0 Å². The molecule has 0 bridgehead atoms. The van der Waals surface area contributed by atoms with Crippen LogP contribution in [-0.4, -0.2) is 69.0 Å². The van der Waals surface area contributed by atoms with E-state index in [9.17, 15) is 8.42 Å². The van der Waals surface area contributed by atoms with E-state index in [0.717, 1.165) is 26.2 Å². The number of likely N-dealkylation sites (N-methyl/N-ethyl adjacent to an activating group) is 1. The number of nitrogens with zero attached hydrogens (tertiary/aromatic N) is 2. The minimum atomic E-state index is -3.22. The number of sulfonamides is 1. The molecule has 96 valence electrons. The van der Waals surface area contributed by atoms with E-state index < -0.39 is 10.0 Å². The molecule has 1 rings (SSSR count). The molecule has 1 heterocycles. The predicted molar refractivity (Wildman–Crippen MR) is 62.3 cm³/mol. The number of rotatable bonds is 6. The average Bonchev–Trinajstić information content (AvgIpc) is 2.21. The molecule has 1 aliphatic heterocycles. The molecule has 7 heteroatoms. The molecule has 0 aliphatic carbocycles. The van der Waals surface area contributed by atoms with Gasteiger partial charge in [-0.2, -0.15) is 0 Å². The quantitative estimate of drug-likeness (QED) is 0.583. The summed E-state index contributed by atoms with van der Waals surface area (Å²) in [6, 6.07) is 0. The lowest BCUT2D eigenvalue weighted by Crippen LogP contribution is -2.52. The van der Waals surface area contributed by atoms with E-state index in [1.54, 1.807) is 5.01 Å². The number of hydrogen-bond donors (Lipinski definition) is 2. The van der Waals surface area contributed by atoms with Crippen LogP contribution < -0.4 is 4.83 Å². The average molecular weight is 251 g/mol. The van der Waals surface area contributed by atoms with Gasteiger partial charge in [-0.25, -0.2) is 13.4 Å². The highest BCUT2D eigenvalue weighted by Gasteiger charge is 2.18. The Kier molecular flexibility index (Phi) is 5.63. The fourth-order valence-electron chi connectivity index (χ4n) is 1.54. The summed E-state index contributed by atoms with van der Waals surface area (Å²) in [6.45, 7) is 3.23. The topological polar surface area (TPSA) is 72.9 Å². The van der Waals surface area contributed by atoms with Gasteiger partial charge in [0.1, 0.15) is 0 Å². The van der Waals surface area contributed by atoms with Crippen LogP contribution in [0.25, 0.3) is 0 Å². The van der Waals surface area contributed by atoms with Gasteiger partial charge in [-0.05, 0) is 19.9 Å². The van der Waals surface area contributed by atoms with Crippen molar-refractivity contribution in [3.63, 3.8) is 0 Å². The van der Waals surface area contributed by atoms with Crippen molar-refractivity contribution in [1.82, 2.24) is 14.7 Å². The summed E-state index contributed by atoms with van der Waals surface area (Å²) in [5, 5.41) is 10.3. The molecule has 0 amide bonds. The van der Waals surface area contributed by atoms with Gasteiger partial charge in [0.15, 0.2) is 0 Å². The van der Waals surface area contributed by atoms with E-state index in [4.69, 9.17) is 5.11 Å². The lowest BCUT2D eigenvalue weighted by Gasteiger charge is -2.32. The van der Waals surface area contributed by atoms with E-state index in [-0.39, 0.29) is 12.4 Å². The van der Waals surface area contributed by atoms with E-state index in [0.29, 0.717) is 12.8 Å². The Balaban J connectivity index is 2.29. The van der Waals surface area contributed by atoms with Crippen molar-refractivity contribution in [2.75, 3.05) is 45.6 Å². The molecule has 6 nitrogen and oxygen atoms in total. The number of hydrogen-bond acceptors (Lipinski definition) is 5. The zero-order valence-corrected chi connectivity index (χ0v) is 10.5. The van der Waals surface area contributed by atoms with Crippen LogP contribution in [0.4, 0.5) is 0 Å².